The van der Waals surface area contributed by atoms with Crippen molar-refractivity contribution >= 4 is 21.4 Å². The first-order chi connectivity index (χ1) is 9.30. The Morgan fingerprint density at radius 1 is 1.35 bits per heavy atom. The van der Waals surface area contributed by atoms with Gasteiger partial charge in [0.05, 0.1) is 9.82 Å². The van der Waals surface area contributed by atoms with Gasteiger partial charge < -0.3 is 5.73 Å². The van der Waals surface area contributed by atoms with Crippen LogP contribution < -0.4 is 5.73 Å². The highest BCUT2D eigenvalue weighted by molar-refractivity contribution is 7.89. The highest BCUT2D eigenvalue weighted by atomic mass is 32.2. The summed E-state index contributed by atoms with van der Waals surface area (Å²) in [7, 11) is -2.25. The highest BCUT2D eigenvalue weighted by Crippen LogP contribution is 2.26. The number of nitro benzene ring substituents is 1. The van der Waals surface area contributed by atoms with E-state index in [-0.39, 0.29) is 10.6 Å². The molecule has 1 aromatic rings. The molecule has 0 atom stereocenters. The zero-order valence-corrected chi connectivity index (χ0v) is 12.4. The van der Waals surface area contributed by atoms with Gasteiger partial charge in [0.1, 0.15) is 5.69 Å². The maximum atomic E-state index is 12.3. The Labute approximate surface area is 118 Å². The van der Waals surface area contributed by atoms with E-state index in [1.54, 1.807) is 0 Å². The minimum absolute atomic E-state index is 0.0532. The van der Waals surface area contributed by atoms with Crippen molar-refractivity contribution < 1.29 is 13.3 Å². The first kappa shape index (κ1) is 16.4. The minimum atomic E-state index is -3.72. The predicted octanol–water partition coefficient (Wildman–Crippen LogP) is 1.99. The molecule has 0 saturated carbocycles. The lowest BCUT2D eigenvalue weighted by molar-refractivity contribution is -0.384. The lowest BCUT2D eigenvalue weighted by Gasteiger charge is -2.17. The molecule has 1 aromatic carbocycles. The van der Waals surface area contributed by atoms with Crippen LogP contribution in [0.2, 0.25) is 0 Å². The number of sulfonamides is 1. The number of nitrogens with two attached hydrogens (primary N) is 1. The van der Waals surface area contributed by atoms with Crippen LogP contribution in [0.15, 0.2) is 23.1 Å². The predicted molar refractivity (Wildman–Crippen MR) is 76.8 cm³/mol. The van der Waals surface area contributed by atoms with E-state index in [9.17, 15) is 18.5 Å². The maximum Gasteiger partial charge on any atom is 0.293 e. The van der Waals surface area contributed by atoms with Crippen LogP contribution in [0.3, 0.4) is 0 Å². The van der Waals surface area contributed by atoms with Gasteiger partial charge in [-0.05, 0) is 18.6 Å². The van der Waals surface area contributed by atoms with Crippen LogP contribution in [0.5, 0.6) is 0 Å². The van der Waals surface area contributed by atoms with Gasteiger partial charge in [0.2, 0.25) is 10.0 Å². The highest BCUT2D eigenvalue weighted by Gasteiger charge is 2.24. The lowest BCUT2D eigenvalue weighted by Crippen LogP contribution is -2.28. The molecule has 0 aliphatic heterocycles. The summed E-state index contributed by atoms with van der Waals surface area (Å²) in [6, 6.07) is 3.53. The van der Waals surface area contributed by atoms with Crippen molar-refractivity contribution in [2.45, 2.75) is 31.1 Å². The molecule has 0 radical (unpaired) electrons. The van der Waals surface area contributed by atoms with Gasteiger partial charge in [-0.25, -0.2) is 12.7 Å². The van der Waals surface area contributed by atoms with Crippen molar-refractivity contribution in [3.63, 3.8) is 0 Å². The van der Waals surface area contributed by atoms with Gasteiger partial charge in [-0.1, -0.05) is 19.8 Å². The van der Waals surface area contributed by atoms with Gasteiger partial charge in [-0.2, -0.15) is 0 Å². The summed E-state index contributed by atoms with van der Waals surface area (Å²) in [5.41, 5.74) is 5.01. The molecule has 112 valence electrons. The quantitative estimate of drug-likeness (QED) is 0.359. The van der Waals surface area contributed by atoms with E-state index in [0.29, 0.717) is 6.54 Å². The molecule has 0 saturated heterocycles. The van der Waals surface area contributed by atoms with Crippen LogP contribution >= 0.6 is 0 Å². The van der Waals surface area contributed by atoms with Crippen LogP contribution in [0.4, 0.5) is 11.4 Å². The van der Waals surface area contributed by atoms with Gasteiger partial charge in [0, 0.05) is 19.7 Å². The molecule has 0 aliphatic rings. The summed E-state index contributed by atoms with van der Waals surface area (Å²) in [4.78, 5) is 10.00. The Bertz CT molecular complexity index is 586. The third-order valence-corrected chi connectivity index (χ3v) is 4.84. The summed E-state index contributed by atoms with van der Waals surface area (Å²) < 4.78 is 25.8. The first-order valence-electron chi connectivity index (χ1n) is 6.31. The molecule has 0 aliphatic carbocycles. The van der Waals surface area contributed by atoms with Crippen molar-refractivity contribution in [3.8, 4) is 0 Å². The lowest BCUT2D eigenvalue weighted by atomic mass is 10.2. The van der Waals surface area contributed by atoms with Crippen LogP contribution in [0.25, 0.3) is 0 Å². The molecular weight excluding hydrogens is 282 g/mol. The van der Waals surface area contributed by atoms with E-state index >= 15 is 0 Å². The van der Waals surface area contributed by atoms with Crippen LogP contribution in [0, 0.1) is 10.1 Å². The second-order valence-corrected chi connectivity index (χ2v) is 6.56. The number of unbranched alkanes of at least 4 members (excludes halogenated alkanes) is 2. The van der Waals surface area contributed by atoms with E-state index in [4.69, 9.17) is 5.73 Å². The zero-order valence-electron chi connectivity index (χ0n) is 11.6. The normalized spacial score (nSPS) is 11.8. The van der Waals surface area contributed by atoms with Gasteiger partial charge in [-0.15, -0.1) is 0 Å². The maximum absolute atomic E-state index is 12.3. The Morgan fingerprint density at radius 2 is 2.00 bits per heavy atom. The second kappa shape index (κ2) is 6.67. The fourth-order valence-corrected chi connectivity index (χ4v) is 2.96. The fourth-order valence-electron chi connectivity index (χ4n) is 1.73. The molecule has 0 heterocycles. The summed E-state index contributed by atoms with van der Waals surface area (Å²) in [6.07, 6.45) is 2.67. The minimum Gasteiger partial charge on any atom is -0.393 e. The van der Waals surface area contributed by atoms with Crippen molar-refractivity contribution in [3.05, 3.63) is 28.3 Å². The van der Waals surface area contributed by atoms with Gasteiger partial charge >= 0.3 is 0 Å². The molecule has 0 spiro atoms. The van der Waals surface area contributed by atoms with Crippen molar-refractivity contribution in [2.75, 3.05) is 19.3 Å². The van der Waals surface area contributed by atoms with E-state index in [1.807, 2.05) is 6.92 Å². The fraction of sp³-hybridized carbons (Fsp3) is 0.500. The molecule has 8 heteroatoms. The van der Waals surface area contributed by atoms with E-state index in [0.717, 1.165) is 25.3 Å². The van der Waals surface area contributed by atoms with Crippen LogP contribution in [-0.4, -0.2) is 31.2 Å². The molecule has 2 N–H and O–H groups in total. The SMILES string of the molecule is CCCCCN(C)S(=O)(=O)c1ccc(N)c([N+](=O)[O-])c1. The van der Waals surface area contributed by atoms with E-state index in [1.165, 1.54) is 23.5 Å². The first-order valence-corrected chi connectivity index (χ1v) is 7.75. The number of benzene rings is 1. The molecule has 0 amide bonds. The Kier molecular flexibility index (Phi) is 5.46. The average Bonchev–Trinajstić information content (AvgIpc) is 2.38. The van der Waals surface area contributed by atoms with Gasteiger partial charge in [0.25, 0.3) is 5.69 Å². The third-order valence-electron chi connectivity index (χ3n) is 2.98. The number of nitrogen functional groups attached to an aromatic ring is 1. The molecule has 0 aromatic heterocycles. The number of nitro groups is 1. The summed E-state index contributed by atoms with van der Waals surface area (Å²) in [5, 5.41) is 10.8. The van der Waals surface area contributed by atoms with Gasteiger partial charge in [0.15, 0.2) is 0 Å². The Hall–Kier alpha value is -1.67. The molecule has 1 rings (SSSR count). The van der Waals surface area contributed by atoms with E-state index < -0.39 is 20.6 Å². The number of hydrogen-bond donors (Lipinski definition) is 1. The summed E-state index contributed by atoms with van der Waals surface area (Å²) in [6.45, 7) is 2.41. The molecule has 0 fully saturated rings. The third kappa shape index (κ3) is 3.67. The van der Waals surface area contributed by atoms with Crippen molar-refractivity contribution in [1.82, 2.24) is 4.31 Å². The Morgan fingerprint density at radius 3 is 2.55 bits per heavy atom. The molecule has 0 unspecified atom stereocenters. The van der Waals surface area contributed by atoms with Crippen LogP contribution in [0.1, 0.15) is 26.2 Å². The smallest absolute Gasteiger partial charge is 0.293 e. The number of hydrogen-bond acceptors (Lipinski definition) is 5. The molecular formula is C12H19N3O4S. The number of nitrogens with zero attached hydrogens (tertiary/aromatic N) is 2. The Balaban J connectivity index is 3.03. The van der Waals surface area contributed by atoms with Crippen molar-refractivity contribution in [1.29, 1.82) is 0 Å². The van der Waals surface area contributed by atoms with Crippen molar-refractivity contribution in [2.24, 2.45) is 0 Å². The molecule has 0 bridgehead atoms. The van der Waals surface area contributed by atoms with Gasteiger partial charge in [-0.3, -0.25) is 10.1 Å². The number of rotatable bonds is 7. The molecule has 20 heavy (non-hydrogen) atoms. The summed E-state index contributed by atoms with van der Waals surface area (Å²) >= 11 is 0. The zero-order chi connectivity index (χ0) is 15.3. The van der Waals surface area contributed by atoms with E-state index in [2.05, 4.69) is 0 Å². The second-order valence-electron chi connectivity index (χ2n) is 4.51. The molecule has 7 nitrogen and oxygen atoms in total. The van der Waals surface area contributed by atoms with Crippen LogP contribution in [-0.2, 0) is 10.0 Å². The number of anilines is 1. The largest absolute Gasteiger partial charge is 0.393 e. The average molecular weight is 301 g/mol. The standard InChI is InChI=1S/C12H19N3O4S/c1-3-4-5-8-14(2)20(18,19)10-6-7-11(13)12(9-10)15(16)17/h6-7,9H,3-5,8,13H2,1-2H3. The topological polar surface area (TPSA) is 107 Å². The summed E-state index contributed by atoms with van der Waals surface area (Å²) in [5.74, 6) is 0. The monoisotopic (exact) mass is 301 g/mol.